The van der Waals surface area contributed by atoms with E-state index in [0.29, 0.717) is 46.6 Å². The molecule has 6 nitrogen and oxygen atoms in total. The van der Waals surface area contributed by atoms with Crippen LogP contribution in [0.15, 0.2) is 36.4 Å². The van der Waals surface area contributed by atoms with Crippen LogP contribution < -0.4 is 10.1 Å². The molecule has 0 aliphatic carbocycles. The molecule has 3 aromatic rings. The fourth-order valence-electron chi connectivity index (χ4n) is 5.00. The average molecular weight is 504 g/mol. The van der Waals surface area contributed by atoms with Crippen molar-refractivity contribution in [3.63, 3.8) is 0 Å². The van der Waals surface area contributed by atoms with Gasteiger partial charge in [-0.05, 0) is 70.0 Å². The minimum absolute atomic E-state index is 0.0888. The van der Waals surface area contributed by atoms with Gasteiger partial charge in [-0.2, -0.15) is 0 Å². The van der Waals surface area contributed by atoms with Gasteiger partial charge in [-0.25, -0.2) is 0 Å². The van der Waals surface area contributed by atoms with Gasteiger partial charge in [0, 0.05) is 46.7 Å². The third-order valence-corrected chi connectivity index (χ3v) is 7.29. The van der Waals surface area contributed by atoms with Crippen molar-refractivity contribution >= 4 is 40.0 Å². The summed E-state index contributed by atoms with van der Waals surface area (Å²) in [5, 5.41) is 14.5. The summed E-state index contributed by atoms with van der Waals surface area (Å²) in [5.41, 5.74) is 3.17. The Hall–Kier alpha value is -2.25. The van der Waals surface area contributed by atoms with Gasteiger partial charge in [0.25, 0.3) is 5.91 Å². The molecule has 1 saturated heterocycles. The molecule has 0 saturated carbocycles. The topological polar surface area (TPSA) is 77.6 Å². The number of nitrogens with zero attached hydrogens (tertiary/aromatic N) is 1. The highest BCUT2D eigenvalue weighted by molar-refractivity contribution is 6.42. The van der Waals surface area contributed by atoms with Crippen LogP contribution in [0.4, 0.5) is 0 Å². The third-order valence-electron chi connectivity index (χ3n) is 6.57. The first-order valence-corrected chi connectivity index (χ1v) is 12.5. The Morgan fingerprint density at radius 2 is 1.85 bits per heavy atom. The number of piperidine rings is 1. The highest BCUT2D eigenvalue weighted by Crippen LogP contribution is 2.35. The van der Waals surface area contributed by atoms with E-state index < -0.39 is 0 Å². The Balaban J connectivity index is 1.55. The number of hydrogen-bond acceptors (Lipinski definition) is 4. The number of H-pyrrole nitrogens is 1. The normalized spacial score (nSPS) is 21.1. The second-order valence-corrected chi connectivity index (χ2v) is 9.80. The number of carbonyl (C=O) groups excluding carboxylic acids is 1. The number of nitrogens with one attached hydrogen (secondary N) is 2. The number of aromatic amines is 1. The Morgan fingerprint density at radius 1 is 1.15 bits per heavy atom. The van der Waals surface area contributed by atoms with Gasteiger partial charge >= 0.3 is 0 Å². The van der Waals surface area contributed by atoms with Crippen LogP contribution in [0.3, 0.4) is 0 Å². The van der Waals surface area contributed by atoms with Crippen LogP contribution in [0, 0.1) is 0 Å². The Bertz CT molecular complexity index is 1130. The summed E-state index contributed by atoms with van der Waals surface area (Å²) in [4.78, 5) is 18.8. The molecule has 3 N–H and O–H groups in total. The number of halogens is 2. The maximum Gasteiger partial charge on any atom is 0.251 e. The van der Waals surface area contributed by atoms with E-state index in [1.807, 2.05) is 31.2 Å². The first-order valence-electron chi connectivity index (χ1n) is 11.7. The highest BCUT2D eigenvalue weighted by Gasteiger charge is 2.31. The lowest BCUT2D eigenvalue weighted by Crippen LogP contribution is -2.53. The van der Waals surface area contributed by atoms with Gasteiger partial charge in [0.2, 0.25) is 0 Å². The number of carbonyl (C=O) groups is 1. The van der Waals surface area contributed by atoms with E-state index >= 15 is 0 Å². The molecular formula is C26H31Cl2N3O3. The fourth-order valence-corrected chi connectivity index (χ4v) is 5.34. The van der Waals surface area contributed by atoms with Crippen molar-refractivity contribution in [1.82, 2.24) is 15.2 Å². The van der Waals surface area contributed by atoms with Crippen LogP contribution in [-0.4, -0.2) is 58.8 Å². The zero-order valence-corrected chi connectivity index (χ0v) is 21.2. The van der Waals surface area contributed by atoms with Crippen molar-refractivity contribution < 1.29 is 14.6 Å². The molecule has 3 atom stereocenters. The Labute approximate surface area is 210 Å². The van der Waals surface area contributed by atoms with Gasteiger partial charge in [-0.15, -0.1) is 0 Å². The van der Waals surface area contributed by atoms with Gasteiger partial charge in [-0.1, -0.05) is 23.2 Å². The van der Waals surface area contributed by atoms with Crippen LogP contribution in [0.5, 0.6) is 5.75 Å². The van der Waals surface area contributed by atoms with Crippen LogP contribution in [0.1, 0.15) is 44.0 Å². The minimum Gasteiger partial charge on any atom is -0.493 e. The van der Waals surface area contributed by atoms with Gasteiger partial charge in [0.1, 0.15) is 5.75 Å². The van der Waals surface area contributed by atoms with E-state index in [-0.39, 0.29) is 18.6 Å². The van der Waals surface area contributed by atoms with Crippen molar-refractivity contribution in [1.29, 1.82) is 0 Å². The SMILES string of the molecule is CCOc1cc(C(=O)NC2C[C@@H](C)N(CCO)[C@@H](C)C2)ccc1-c1cc2cc(Cl)c(Cl)cc2[nH]1. The highest BCUT2D eigenvalue weighted by atomic mass is 35.5. The van der Waals surface area contributed by atoms with Crippen molar-refractivity contribution in [2.75, 3.05) is 19.8 Å². The summed E-state index contributed by atoms with van der Waals surface area (Å²) in [6.45, 7) is 7.50. The molecule has 0 bridgehead atoms. The monoisotopic (exact) mass is 503 g/mol. The summed E-state index contributed by atoms with van der Waals surface area (Å²) in [6.07, 6.45) is 1.71. The predicted molar refractivity (Wildman–Crippen MR) is 138 cm³/mol. The number of amides is 1. The lowest BCUT2D eigenvalue weighted by atomic mass is 9.92. The molecule has 8 heteroatoms. The maximum absolute atomic E-state index is 13.1. The molecule has 0 radical (unpaired) electrons. The van der Waals surface area contributed by atoms with E-state index in [1.54, 1.807) is 12.1 Å². The maximum atomic E-state index is 13.1. The number of aliphatic hydroxyl groups excluding tert-OH is 1. The molecule has 1 aliphatic rings. The number of aromatic nitrogens is 1. The summed E-state index contributed by atoms with van der Waals surface area (Å²) in [6, 6.07) is 11.8. The Morgan fingerprint density at radius 3 is 2.53 bits per heavy atom. The number of rotatable bonds is 7. The lowest BCUT2D eigenvalue weighted by molar-refractivity contribution is 0.0595. The summed E-state index contributed by atoms with van der Waals surface area (Å²) < 4.78 is 5.91. The molecule has 1 aliphatic heterocycles. The van der Waals surface area contributed by atoms with Gasteiger partial charge in [0.15, 0.2) is 0 Å². The van der Waals surface area contributed by atoms with Gasteiger partial charge < -0.3 is 20.1 Å². The number of β-amino-alcohol motifs (C(OH)–C–C–N with tert-alkyl or cyclic N) is 1. The average Bonchev–Trinajstić information content (AvgIpc) is 3.19. The summed E-state index contributed by atoms with van der Waals surface area (Å²) in [7, 11) is 0. The summed E-state index contributed by atoms with van der Waals surface area (Å²) in [5.74, 6) is 0.529. The van der Waals surface area contributed by atoms with E-state index in [9.17, 15) is 9.90 Å². The molecule has 0 spiro atoms. The van der Waals surface area contributed by atoms with E-state index in [1.165, 1.54) is 0 Å². The molecule has 34 heavy (non-hydrogen) atoms. The smallest absolute Gasteiger partial charge is 0.251 e. The minimum atomic E-state index is -0.109. The van der Waals surface area contributed by atoms with Crippen molar-refractivity contribution in [2.24, 2.45) is 0 Å². The molecular weight excluding hydrogens is 473 g/mol. The molecule has 1 amide bonds. The fraction of sp³-hybridized carbons (Fsp3) is 0.423. The molecule has 1 aromatic heterocycles. The first kappa shape index (κ1) is 24.9. The van der Waals surface area contributed by atoms with Crippen molar-refractivity contribution in [3.05, 3.63) is 52.0 Å². The van der Waals surface area contributed by atoms with Crippen LogP contribution in [0.2, 0.25) is 10.0 Å². The van der Waals surface area contributed by atoms with E-state index in [0.717, 1.165) is 35.0 Å². The molecule has 2 aromatic carbocycles. The van der Waals surface area contributed by atoms with Crippen LogP contribution >= 0.6 is 23.2 Å². The molecule has 182 valence electrons. The second kappa shape index (κ2) is 10.6. The molecule has 2 heterocycles. The van der Waals surface area contributed by atoms with E-state index in [2.05, 4.69) is 29.0 Å². The standard InChI is InChI=1S/C26H31Cl2N3O3/c1-4-34-25-13-17(26(33)29-19-9-15(2)31(7-8-32)16(3)10-19)5-6-20(25)24-12-18-11-21(27)22(28)14-23(18)30-24/h5-6,11-16,19,30,32H,4,7-10H2,1-3H3,(H,29,33)/t15-,16+,19?. The van der Waals surface area contributed by atoms with Crippen molar-refractivity contribution in [2.45, 2.75) is 51.7 Å². The molecule has 1 fully saturated rings. The van der Waals surface area contributed by atoms with Gasteiger partial charge in [0.05, 0.1) is 29.0 Å². The number of benzene rings is 2. The lowest BCUT2D eigenvalue weighted by Gasteiger charge is -2.42. The number of ether oxygens (including phenoxy) is 1. The Kier molecular flexibility index (Phi) is 7.73. The number of fused-ring (bicyclic) bond motifs is 1. The number of hydrogen-bond donors (Lipinski definition) is 3. The van der Waals surface area contributed by atoms with Gasteiger partial charge in [-0.3, -0.25) is 9.69 Å². The molecule has 1 unspecified atom stereocenters. The number of likely N-dealkylation sites (tertiary alicyclic amines) is 1. The predicted octanol–water partition coefficient (Wildman–Crippen LogP) is 5.50. The van der Waals surface area contributed by atoms with Crippen LogP contribution in [-0.2, 0) is 0 Å². The largest absolute Gasteiger partial charge is 0.493 e. The second-order valence-electron chi connectivity index (χ2n) is 8.98. The van der Waals surface area contributed by atoms with E-state index in [4.69, 9.17) is 27.9 Å². The first-order chi connectivity index (χ1) is 16.3. The third kappa shape index (κ3) is 5.20. The molecule has 4 rings (SSSR count). The summed E-state index contributed by atoms with van der Waals surface area (Å²) >= 11 is 12.3. The zero-order valence-electron chi connectivity index (χ0n) is 19.7. The quantitative estimate of drug-likeness (QED) is 0.397. The number of aliphatic hydroxyl groups is 1. The zero-order chi connectivity index (χ0) is 24.4. The van der Waals surface area contributed by atoms with Crippen LogP contribution in [0.25, 0.3) is 22.2 Å². The van der Waals surface area contributed by atoms with Crippen molar-refractivity contribution in [3.8, 4) is 17.0 Å².